The van der Waals surface area contributed by atoms with Crippen molar-refractivity contribution >= 4 is 34.1 Å². The van der Waals surface area contributed by atoms with E-state index in [1.54, 1.807) is 11.3 Å². The first-order valence-corrected chi connectivity index (χ1v) is 8.62. The van der Waals surface area contributed by atoms with Gasteiger partial charge in [-0.25, -0.2) is 4.79 Å². The molecule has 0 unspecified atom stereocenters. The second-order valence-electron chi connectivity index (χ2n) is 5.52. The van der Waals surface area contributed by atoms with E-state index < -0.39 is 5.97 Å². The Bertz CT molecular complexity index is 805. The molecule has 0 amide bonds. The van der Waals surface area contributed by atoms with Crippen LogP contribution in [0.25, 0.3) is 6.08 Å². The molecule has 6 heteroatoms. The average molecular weight is 340 g/mol. The van der Waals surface area contributed by atoms with Gasteiger partial charge in [0, 0.05) is 23.5 Å². The predicted octanol–water partition coefficient (Wildman–Crippen LogP) is 2.93. The van der Waals surface area contributed by atoms with Crippen molar-refractivity contribution in [2.45, 2.75) is 0 Å². The molecule has 122 valence electrons. The van der Waals surface area contributed by atoms with Crippen LogP contribution in [0, 0.1) is 0 Å². The zero-order valence-corrected chi connectivity index (χ0v) is 13.8. The Balaban J connectivity index is 1.61. The number of carbonyl (C=O) groups is 1. The third-order valence-electron chi connectivity index (χ3n) is 3.96. The topological polar surface area (TPSA) is 51.1 Å². The molecule has 0 radical (unpaired) electrons. The minimum Gasteiger partial charge on any atom is -0.378 e. The van der Waals surface area contributed by atoms with E-state index >= 15 is 0 Å². The van der Waals surface area contributed by atoms with Gasteiger partial charge in [-0.2, -0.15) is 0 Å². The molecule has 0 aliphatic carbocycles. The lowest BCUT2D eigenvalue weighted by Gasteiger charge is -2.27. The largest absolute Gasteiger partial charge is 0.378 e. The van der Waals surface area contributed by atoms with Gasteiger partial charge in [-0.1, -0.05) is 35.5 Å². The zero-order valence-electron chi connectivity index (χ0n) is 13.0. The molecule has 24 heavy (non-hydrogen) atoms. The van der Waals surface area contributed by atoms with Gasteiger partial charge in [0.25, 0.3) is 0 Å². The number of morpholine rings is 1. The van der Waals surface area contributed by atoms with Crippen LogP contribution < -0.4 is 4.90 Å². The van der Waals surface area contributed by atoms with Gasteiger partial charge in [-0.05, 0) is 18.2 Å². The molecule has 1 aromatic heterocycles. The van der Waals surface area contributed by atoms with Crippen LogP contribution in [0.2, 0.25) is 0 Å². The number of carbonyl (C=O) groups excluding carboxylic acids is 1. The third-order valence-corrected chi connectivity index (χ3v) is 5.06. The van der Waals surface area contributed by atoms with E-state index in [-0.39, 0.29) is 0 Å². The van der Waals surface area contributed by atoms with Crippen molar-refractivity contribution in [2.24, 2.45) is 5.16 Å². The first kappa shape index (κ1) is 15.1. The molecule has 0 spiro atoms. The number of nitrogens with zero attached hydrogens (tertiary/aromatic N) is 2. The van der Waals surface area contributed by atoms with Gasteiger partial charge in [-0.15, -0.1) is 11.3 Å². The molecule has 0 bridgehead atoms. The standard InChI is InChI=1S/C18H16N2O3S/c21-18-15(17(19-23-18)13-4-2-1-3-5-13)12-14-6-7-16(24-14)20-8-10-22-11-9-20/h1-7,12H,8-11H2/b15-12+. The summed E-state index contributed by atoms with van der Waals surface area (Å²) in [6, 6.07) is 13.7. The molecule has 2 aliphatic heterocycles. The minimum atomic E-state index is -0.407. The summed E-state index contributed by atoms with van der Waals surface area (Å²) >= 11 is 1.66. The average Bonchev–Trinajstić information content (AvgIpc) is 3.25. The lowest BCUT2D eigenvalue weighted by Crippen LogP contribution is -2.35. The smallest absolute Gasteiger partial charge is 0.368 e. The van der Waals surface area contributed by atoms with Crippen molar-refractivity contribution < 1.29 is 14.4 Å². The Morgan fingerprint density at radius 2 is 1.88 bits per heavy atom. The normalized spacial score (nSPS) is 19.5. The van der Waals surface area contributed by atoms with Gasteiger partial charge < -0.3 is 14.5 Å². The van der Waals surface area contributed by atoms with E-state index in [0.717, 1.165) is 36.7 Å². The molecule has 0 N–H and O–H groups in total. The molecule has 0 saturated carbocycles. The van der Waals surface area contributed by atoms with Crippen molar-refractivity contribution in [3.63, 3.8) is 0 Å². The highest BCUT2D eigenvalue weighted by Crippen LogP contribution is 2.30. The van der Waals surface area contributed by atoms with Gasteiger partial charge in [0.1, 0.15) is 5.71 Å². The van der Waals surface area contributed by atoms with E-state index in [2.05, 4.69) is 16.1 Å². The van der Waals surface area contributed by atoms with Crippen LogP contribution in [0.4, 0.5) is 5.00 Å². The maximum atomic E-state index is 12.0. The van der Waals surface area contributed by atoms with E-state index in [9.17, 15) is 4.79 Å². The van der Waals surface area contributed by atoms with Crippen molar-refractivity contribution in [1.29, 1.82) is 0 Å². The molecule has 0 atom stereocenters. The molecule has 2 aliphatic rings. The van der Waals surface area contributed by atoms with Gasteiger partial charge in [0.2, 0.25) is 0 Å². The first-order valence-electron chi connectivity index (χ1n) is 7.80. The lowest BCUT2D eigenvalue weighted by molar-refractivity contribution is -0.136. The van der Waals surface area contributed by atoms with Crippen LogP contribution >= 0.6 is 11.3 Å². The van der Waals surface area contributed by atoms with E-state index in [1.807, 2.05) is 42.5 Å². The number of thiophene rings is 1. The number of oxime groups is 1. The zero-order chi connectivity index (χ0) is 16.4. The van der Waals surface area contributed by atoms with Crippen LogP contribution in [0.15, 0.2) is 53.2 Å². The fourth-order valence-electron chi connectivity index (χ4n) is 2.73. The number of hydrogen-bond acceptors (Lipinski definition) is 6. The molecule has 1 saturated heterocycles. The molecule has 1 aromatic carbocycles. The fourth-order valence-corrected chi connectivity index (χ4v) is 3.73. The SMILES string of the molecule is O=C1ON=C(c2ccccc2)/C1=C\c1ccc(N2CCOCC2)s1. The second kappa shape index (κ2) is 6.59. The molecular formula is C18H16N2O3S. The van der Waals surface area contributed by atoms with Crippen LogP contribution in [-0.4, -0.2) is 38.0 Å². The summed E-state index contributed by atoms with van der Waals surface area (Å²) < 4.78 is 5.39. The summed E-state index contributed by atoms with van der Waals surface area (Å²) in [6.07, 6.45) is 1.86. The van der Waals surface area contributed by atoms with Gasteiger partial charge >= 0.3 is 5.97 Å². The predicted molar refractivity (Wildman–Crippen MR) is 94.4 cm³/mol. The molecule has 3 heterocycles. The Morgan fingerprint density at radius 3 is 2.67 bits per heavy atom. The van der Waals surface area contributed by atoms with Gasteiger partial charge in [-0.3, -0.25) is 0 Å². The molecule has 4 rings (SSSR count). The Morgan fingerprint density at radius 1 is 1.08 bits per heavy atom. The maximum Gasteiger partial charge on any atom is 0.368 e. The summed E-state index contributed by atoms with van der Waals surface area (Å²) in [4.78, 5) is 20.2. The van der Waals surface area contributed by atoms with Gasteiger partial charge in [0.05, 0.1) is 23.8 Å². The first-order chi connectivity index (χ1) is 11.8. The molecule has 2 aromatic rings. The Hall–Kier alpha value is -2.44. The summed E-state index contributed by atoms with van der Waals surface area (Å²) in [5.74, 6) is -0.407. The molecule has 5 nitrogen and oxygen atoms in total. The molecular weight excluding hydrogens is 324 g/mol. The number of rotatable bonds is 3. The summed E-state index contributed by atoms with van der Waals surface area (Å²) in [5.41, 5.74) is 1.96. The van der Waals surface area contributed by atoms with Gasteiger partial charge in [0.15, 0.2) is 0 Å². The van der Waals surface area contributed by atoms with Crippen LogP contribution in [-0.2, 0) is 14.4 Å². The highest BCUT2D eigenvalue weighted by atomic mass is 32.1. The van der Waals surface area contributed by atoms with Crippen molar-refractivity contribution in [3.8, 4) is 0 Å². The van der Waals surface area contributed by atoms with E-state index in [0.29, 0.717) is 11.3 Å². The lowest BCUT2D eigenvalue weighted by atomic mass is 10.0. The summed E-state index contributed by atoms with van der Waals surface area (Å²) in [6.45, 7) is 3.31. The fraction of sp³-hybridized carbons (Fsp3) is 0.222. The van der Waals surface area contributed by atoms with E-state index in [1.165, 1.54) is 5.00 Å². The van der Waals surface area contributed by atoms with Crippen LogP contribution in [0.5, 0.6) is 0 Å². The number of anilines is 1. The summed E-state index contributed by atoms with van der Waals surface area (Å²) in [5, 5.41) is 5.13. The highest BCUT2D eigenvalue weighted by molar-refractivity contribution is 7.17. The highest BCUT2D eigenvalue weighted by Gasteiger charge is 2.27. The second-order valence-corrected chi connectivity index (χ2v) is 6.61. The Kier molecular flexibility index (Phi) is 4.15. The quantitative estimate of drug-likeness (QED) is 0.637. The van der Waals surface area contributed by atoms with Crippen molar-refractivity contribution in [2.75, 3.05) is 31.2 Å². The van der Waals surface area contributed by atoms with Crippen molar-refractivity contribution in [3.05, 3.63) is 58.5 Å². The van der Waals surface area contributed by atoms with Crippen LogP contribution in [0.3, 0.4) is 0 Å². The van der Waals surface area contributed by atoms with Crippen LogP contribution in [0.1, 0.15) is 10.4 Å². The number of hydrogen-bond donors (Lipinski definition) is 0. The number of ether oxygens (including phenoxy) is 1. The maximum absolute atomic E-state index is 12.0. The third kappa shape index (κ3) is 2.98. The monoisotopic (exact) mass is 340 g/mol. The van der Waals surface area contributed by atoms with E-state index in [4.69, 9.17) is 9.57 Å². The Labute approximate surface area is 143 Å². The minimum absolute atomic E-state index is 0.407. The molecule has 1 fully saturated rings. The summed E-state index contributed by atoms with van der Waals surface area (Å²) in [7, 11) is 0. The van der Waals surface area contributed by atoms with Crippen molar-refractivity contribution in [1.82, 2.24) is 0 Å². The number of benzene rings is 1.